The van der Waals surface area contributed by atoms with E-state index in [1.807, 2.05) is 30.3 Å². The highest BCUT2D eigenvalue weighted by Crippen LogP contribution is 2.28. The van der Waals surface area contributed by atoms with E-state index >= 15 is 0 Å². The van der Waals surface area contributed by atoms with Crippen LogP contribution < -0.4 is 10.5 Å². The van der Waals surface area contributed by atoms with Crippen molar-refractivity contribution < 1.29 is 9.21 Å². The van der Waals surface area contributed by atoms with Gasteiger partial charge in [0, 0.05) is 37.3 Å². The third-order valence-corrected chi connectivity index (χ3v) is 6.39. The average molecular weight is 427 g/mol. The molecule has 0 N–H and O–H groups in total. The second-order valence-electron chi connectivity index (χ2n) is 8.67. The van der Waals surface area contributed by atoms with Crippen molar-refractivity contribution in [2.24, 2.45) is 0 Å². The first-order valence-corrected chi connectivity index (χ1v) is 11.0. The summed E-state index contributed by atoms with van der Waals surface area (Å²) in [4.78, 5) is 30.0. The zero-order valence-corrected chi connectivity index (χ0v) is 18.6. The summed E-state index contributed by atoms with van der Waals surface area (Å²) in [6.07, 6.45) is 0. The Labute approximate surface area is 186 Å². The number of hydrogen-bond donors (Lipinski definition) is 0. The Morgan fingerprint density at radius 3 is 2.25 bits per heavy atom. The van der Waals surface area contributed by atoms with Gasteiger partial charge in [0.2, 0.25) is 0 Å². The number of hydrogen-bond acceptors (Lipinski definition) is 4. The third-order valence-electron chi connectivity index (χ3n) is 6.39. The van der Waals surface area contributed by atoms with E-state index < -0.39 is 5.63 Å². The number of piperazine rings is 1. The number of carbonyl (C=O) groups is 1. The molecule has 32 heavy (non-hydrogen) atoms. The monoisotopic (exact) mass is 426 g/mol. The van der Waals surface area contributed by atoms with Gasteiger partial charge in [0.05, 0.1) is 0 Å². The fourth-order valence-corrected chi connectivity index (χ4v) is 5.00. The van der Waals surface area contributed by atoms with Crippen molar-refractivity contribution in [3.63, 3.8) is 0 Å². The van der Waals surface area contributed by atoms with Crippen LogP contribution in [0.2, 0.25) is 0 Å². The molecule has 5 nitrogen and oxygen atoms in total. The van der Waals surface area contributed by atoms with E-state index in [2.05, 4.69) is 37.8 Å². The minimum absolute atomic E-state index is 0.102. The first-order chi connectivity index (χ1) is 15.4. The molecule has 5 rings (SSSR count). The summed E-state index contributed by atoms with van der Waals surface area (Å²) in [6.45, 7) is 8.99. The molecule has 1 saturated heterocycles. The molecule has 5 heteroatoms. The SMILES string of the molecule is Cc1cc(C)c(N2CCN(C(=O)c3cc4c(ccc5ccccc54)oc3=O)CC2)c(C)c1. The lowest BCUT2D eigenvalue weighted by molar-refractivity contribution is 0.0742. The van der Waals surface area contributed by atoms with Crippen LogP contribution in [0, 0.1) is 20.8 Å². The Morgan fingerprint density at radius 2 is 1.53 bits per heavy atom. The van der Waals surface area contributed by atoms with Crippen LogP contribution in [-0.4, -0.2) is 37.0 Å². The Hall–Kier alpha value is -3.60. The summed E-state index contributed by atoms with van der Waals surface area (Å²) < 4.78 is 5.53. The standard InChI is InChI=1S/C27H26N2O3/c1-17-14-18(2)25(19(3)15-17)28-10-12-29(13-11-28)26(30)23-16-22-21-7-5-4-6-20(21)8-9-24(22)32-27(23)31/h4-9,14-16H,10-13H2,1-3H3. The number of nitrogens with zero attached hydrogens (tertiary/aromatic N) is 2. The van der Waals surface area contributed by atoms with Crippen LogP contribution in [0.3, 0.4) is 0 Å². The fourth-order valence-electron chi connectivity index (χ4n) is 5.00. The van der Waals surface area contributed by atoms with Gasteiger partial charge in [-0.25, -0.2) is 4.79 Å². The summed E-state index contributed by atoms with van der Waals surface area (Å²) in [6, 6.07) is 17.7. The van der Waals surface area contributed by atoms with E-state index in [0.29, 0.717) is 18.7 Å². The molecule has 1 amide bonds. The molecule has 0 saturated carbocycles. The molecule has 0 radical (unpaired) electrons. The zero-order chi connectivity index (χ0) is 22.4. The van der Waals surface area contributed by atoms with E-state index in [0.717, 1.165) is 29.2 Å². The maximum absolute atomic E-state index is 13.3. The number of carbonyl (C=O) groups excluding carboxylic acids is 1. The molecule has 162 valence electrons. The van der Waals surface area contributed by atoms with Gasteiger partial charge in [-0.15, -0.1) is 0 Å². The molecule has 2 heterocycles. The Bertz CT molecular complexity index is 1390. The third kappa shape index (κ3) is 3.44. The van der Waals surface area contributed by atoms with Crippen molar-refractivity contribution in [2.75, 3.05) is 31.1 Å². The van der Waals surface area contributed by atoms with Crippen LogP contribution in [0.1, 0.15) is 27.0 Å². The largest absolute Gasteiger partial charge is 0.422 e. The highest BCUT2D eigenvalue weighted by Gasteiger charge is 2.26. The summed E-state index contributed by atoms with van der Waals surface area (Å²) in [5.41, 5.74) is 5.04. The van der Waals surface area contributed by atoms with Gasteiger partial charge in [-0.3, -0.25) is 4.79 Å². The number of benzene rings is 3. The van der Waals surface area contributed by atoms with E-state index in [1.54, 1.807) is 17.0 Å². The van der Waals surface area contributed by atoms with Crippen LogP contribution in [-0.2, 0) is 0 Å². The van der Waals surface area contributed by atoms with Crippen molar-refractivity contribution in [2.45, 2.75) is 20.8 Å². The molecule has 0 unspecified atom stereocenters. The summed E-state index contributed by atoms with van der Waals surface area (Å²) in [5, 5.41) is 2.80. The number of amides is 1. The molecule has 0 atom stereocenters. The van der Waals surface area contributed by atoms with Crippen molar-refractivity contribution >= 4 is 33.3 Å². The second kappa shape index (κ2) is 7.83. The van der Waals surface area contributed by atoms with Crippen LogP contribution in [0.15, 0.2) is 63.8 Å². The van der Waals surface area contributed by atoms with Crippen molar-refractivity contribution in [3.05, 3.63) is 87.3 Å². The zero-order valence-electron chi connectivity index (χ0n) is 18.6. The predicted octanol–water partition coefficient (Wildman–Crippen LogP) is 4.83. The van der Waals surface area contributed by atoms with E-state index in [1.165, 1.54) is 22.4 Å². The highest BCUT2D eigenvalue weighted by atomic mass is 16.4. The average Bonchev–Trinajstić information content (AvgIpc) is 2.78. The summed E-state index contributed by atoms with van der Waals surface area (Å²) in [5.74, 6) is -0.259. The molecule has 1 aliphatic rings. The van der Waals surface area contributed by atoms with Gasteiger partial charge in [0.15, 0.2) is 0 Å². The number of aryl methyl sites for hydroxylation is 3. The van der Waals surface area contributed by atoms with Crippen molar-refractivity contribution in [1.29, 1.82) is 0 Å². The predicted molar refractivity (Wildman–Crippen MR) is 129 cm³/mol. The van der Waals surface area contributed by atoms with Crippen LogP contribution in [0.5, 0.6) is 0 Å². The number of rotatable bonds is 2. The number of fused-ring (bicyclic) bond motifs is 3. The quantitative estimate of drug-likeness (QED) is 0.340. The second-order valence-corrected chi connectivity index (χ2v) is 8.67. The minimum Gasteiger partial charge on any atom is -0.422 e. The summed E-state index contributed by atoms with van der Waals surface area (Å²) in [7, 11) is 0. The van der Waals surface area contributed by atoms with Crippen LogP contribution in [0.4, 0.5) is 5.69 Å². The Morgan fingerprint density at radius 1 is 0.844 bits per heavy atom. The molecule has 3 aromatic carbocycles. The first-order valence-electron chi connectivity index (χ1n) is 11.0. The molecular formula is C27H26N2O3. The van der Waals surface area contributed by atoms with Gasteiger partial charge in [0.1, 0.15) is 11.1 Å². The Kier molecular flexibility index (Phi) is 4.97. The molecule has 1 aliphatic heterocycles. The topological polar surface area (TPSA) is 53.8 Å². The molecule has 0 spiro atoms. The van der Waals surface area contributed by atoms with Gasteiger partial charge in [-0.1, -0.05) is 48.0 Å². The fraction of sp³-hybridized carbons (Fsp3) is 0.259. The molecule has 1 fully saturated rings. The minimum atomic E-state index is -0.578. The van der Waals surface area contributed by atoms with Gasteiger partial charge in [-0.2, -0.15) is 0 Å². The lowest BCUT2D eigenvalue weighted by atomic mass is 10.0. The number of anilines is 1. The smallest absolute Gasteiger partial charge is 0.349 e. The molecule has 1 aromatic heterocycles. The maximum Gasteiger partial charge on any atom is 0.349 e. The van der Waals surface area contributed by atoms with E-state index in [4.69, 9.17) is 4.42 Å². The molecule has 4 aromatic rings. The lowest BCUT2D eigenvalue weighted by Gasteiger charge is -2.37. The van der Waals surface area contributed by atoms with Gasteiger partial charge in [-0.05, 0) is 54.8 Å². The van der Waals surface area contributed by atoms with Crippen LogP contribution >= 0.6 is 0 Å². The maximum atomic E-state index is 13.3. The highest BCUT2D eigenvalue weighted by molar-refractivity contribution is 6.07. The summed E-state index contributed by atoms with van der Waals surface area (Å²) >= 11 is 0. The Balaban J connectivity index is 1.43. The molecular weight excluding hydrogens is 400 g/mol. The lowest BCUT2D eigenvalue weighted by Crippen LogP contribution is -2.49. The van der Waals surface area contributed by atoms with E-state index in [9.17, 15) is 9.59 Å². The van der Waals surface area contributed by atoms with Gasteiger partial charge in [0.25, 0.3) is 5.91 Å². The van der Waals surface area contributed by atoms with E-state index in [-0.39, 0.29) is 11.5 Å². The van der Waals surface area contributed by atoms with Gasteiger partial charge >= 0.3 is 5.63 Å². The van der Waals surface area contributed by atoms with Gasteiger partial charge < -0.3 is 14.2 Å². The normalized spacial score (nSPS) is 14.3. The molecule has 0 bridgehead atoms. The first kappa shape index (κ1) is 20.3. The van der Waals surface area contributed by atoms with Crippen molar-refractivity contribution in [3.8, 4) is 0 Å². The molecule has 0 aliphatic carbocycles. The van der Waals surface area contributed by atoms with Crippen molar-refractivity contribution in [1.82, 2.24) is 4.90 Å². The van der Waals surface area contributed by atoms with Crippen LogP contribution in [0.25, 0.3) is 21.7 Å².